The molecular weight excluding hydrogens is 901 g/mol. The second-order valence-corrected chi connectivity index (χ2v) is 17.5. The number of allylic oxidation sites excluding steroid dienone is 32. The highest BCUT2D eigenvalue weighted by molar-refractivity contribution is 5.71. The predicted molar refractivity (Wildman–Crippen MR) is 315 cm³/mol. The molecule has 0 radical (unpaired) electrons. The molecular formula is C67H98O6. The molecule has 0 bridgehead atoms. The van der Waals surface area contributed by atoms with Crippen molar-refractivity contribution in [2.75, 3.05) is 13.2 Å². The number of rotatable bonds is 47. The number of hydrogen-bond donors (Lipinski definition) is 0. The zero-order valence-corrected chi connectivity index (χ0v) is 45.8. The molecule has 6 nitrogen and oxygen atoms in total. The summed E-state index contributed by atoms with van der Waals surface area (Å²) in [6.45, 7) is 6.14. The highest BCUT2D eigenvalue weighted by atomic mass is 16.6. The number of esters is 3. The number of carbonyl (C=O) groups excluding carboxylic acids is 3. The number of unbranched alkanes of at least 4 members (excludes halogenated alkanes) is 9. The average molecular weight is 1000 g/mol. The lowest BCUT2D eigenvalue weighted by Crippen LogP contribution is -2.30. The van der Waals surface area contributed by atoms with Crippen molar-refractivity contribution in [3.63, 3.8) is 0 Å². The van der Waals surface area contributed by atoms with Gasteiger partial charge in [-0.2, -0.15) is 0 Å². The minimum atomic E-state index is -0.842. The summed E-state index contributed by atoms with van der Waals surface area (Å²) < 4.78 is 16.8. The lowest BCUT2D eigenvalue weighted by Gasteiger charge is -2.18. The van der Waals surface area contributed by atoms with Gasteiger partial charge in [0.2, 0.25) is 0 Å². The first-order valence-electron chi connectivity index (χ1n) is 28.0. The SMILES string of the molecule is CC\C=C/C=C\C=C/C=C\C=C\C=C/CCCCCC(=O)OCC(COC(=O)CCCCC/C=C\C/C=C\C/C=C\C/C=C\C/C=C\CC)OC(=O)CCCCC/C=C\C/C=C\C/C=C\C/C=C\C/C=C\CC. The van der Waals surface area contributed by atoms with E-state index in [4.69, 9.17) is 14.2 Å². The lowest BCUT2D eigenvalue weighted by atomic mass is 10.1. The zero-order chi connectivity index (χ0) is 52.9. The third kappa shape index (κ3) is 57.0. The molecule has 0 heterocycles. The normalized spacial score (nSPS) is 13.6. The molecule has 0 spiro atoms. The maximum absolute atomic E-state index is 12.9. The summed E-state index contributed by atoms with van der Waals surface area (Å²) in [5.74, 6) is -1.06. The van der Waals surface area contributed by atoms with Gasteiger partial charge in [0.15, 0.2) is 6.10 Å². The Morgan fingerprint density at radius 1 is 0.288 bits per heavy atom. The Labute approximate surface area is 446 Å². The molecule has 0 aromatic heterocycles. The van der Waals surface area contributed by atoms with Crippen molar-refractivity contribution in [1.82, 2.24) is 0 Å². The predicted octanol–water partition coefficient (Wildman–Crippen LogP) is 19.1. The highest BCUT2D eigenvalue weighted by Gasteiger charge is 2.19. The molecule has 0 aliphatic heterocycles. The van der Waals surface area contributed by atoms with Gasteiger partial charge in [0.1, 0.15) is 13.2 Å². The lowest BCUT2D eigenvalue weighted by molar-refractivity contribution is -0.167. The Balaban J connectivity index is 4.66. The van der Waals surface area contributed by atoms with E-state index in [-0.39, 0.29) is 44.0 Å². The molecule has 0 saturated heterocycles. The summed E-state index contributed by atoms with van der Waals surface area (Å²) >= 11 is 0. The van der Waals surface area contributed by atoms with Crippen molar-refractivity contribution in [2.24, 2.45) is 0 Å². The summed E-state index contributed by atoms with van der Waals surface area (Å²) in [5, 5.41) is 0. The Kier molecular flexibility index (Phi) is 54.2. The topological polar surface area (TPSA) is 78.9 Å². The largest absolute Gasteiger partial charge is 0.462 e. The van der Waals surface area contributed by atoms with E-state index in [1.54, 1.807) is 0 Å². The van der Waals surface area contributed by atoms with E-state index in [1.165, 1.54) is 0 Å². The van der Waals surface area contributed by atoms with Crippen LogP contribution in [0.1, 0.15) is 188 Å². The Hall–Kier alpha value is -5.75. The molecule has 0 amide bonds. The number of carbonyl (C=O) groups is 3. The summed E-state index contributed by atoms with van der Waals surface area (Å²) in [7, 11) is 0. The molecule has 1 unspecified atom stereocenters. The average Bonchev–Trinajstić information content (AvgIpc) is 3.39. The third-order valence-corrected chi connectivity index (χ3v) is 10.7. The van der Waals surface area contributed by atoms with Crippen LogP contribution in [0.5, 0.6) is 0 Å². The fourth-order valence-corrected chi connectivity index (χ4v) is 6.64. The Morgan fingerprint density at radius 3 is 0.904 bits per heavy atom. The van der Waals surface area contributed by atoms with E-state index >= 15 is 0 Å². The van der Waals surface area contributed by atoms with Gasteiger partial charge in [0, 0.05) is 19.3 Å². The van der Waals surface area contributed by atoms with Crippen LogP contribution in [-0.4, -0.2) is 37.2 Å². The smallest absolute Gasteiger partial charge is 0.306 e. The third-order valence-electron chi connectivity index (χ3n) is 10.7. The molecule has 0 rings (SSSR count). The van der Waals surface area contributed by atoms with E-state index in [0.29, 0.717) is 19.3 Å². The molecule has 6 heteroatoms. The molecule has 0 aromatic carbocycles. The van der Waals surface area contributed by atoms with Crippen molar-refractivity contribution in [1.29, 1.82) is 0 Å². The van der Waals surface area contributed by atoms with Crippen LogP contribution in [0.25, 0.3) is 0 Å². The number of ether oxygens (including phenoxy) is 3. The van der Waals surface area contributed by atoms with Crippen LogP contribution < -0.4 is 0 Å². The van der Waals surface area contributed by atoms with Crippen molar-refractivity contribution in [3.8, 4) is 0 Å². The Morgan fingerprint density at radius 2 is 0.562 bits per heavy atom. The second-order valence-electron chi connectivity index (χ2n) is 17.5. The van der Waals surface area contributed by atoms with Gasteiger partial charge in [-0.3, -0.25) is 14.4 Å². The van der Waals surface area contributed by atoms with Gasteiger partial charge in [0.05, 0.1) is 0 Å². The van der Waals surface area contributed by atoms with Gasteiger partial charge in [-0.05, 0) is 128 Å². The summed E-state index contributed by atoms with van der Waals surface area (Å²) in [6, 6.07) is 0. The minimum Gasteiger partial charge on any atom is -0.462 e. The molecule has 1 atom stereocenters. The molecule has 0 fully saturated rings. The van der Waals surface area contributed by atoms with Gasteiger partial charge < -0.3 is 14.2 Å². The van der Waals surface area contributed by atoms with Crippen LogP contribution >= 0.6 is 0 Å². The van der Waals surface area contributed by atoms with Crippen molar-refractivity contribution < 1.29 is 28.6 Å². The van der Waals surface area contributed by atoms with Gasteiger partial charge >= 0.3 is 17.9 Å². The quantitative estimate of drug-likeness (QED) is 0.0199. The van der Waals surface area contributed by atoms with Crippen LogP contribution in [0.2, 0.25) is 0 Å². The van der Waals surface area contributed by atoms with Crippen molar-refractivity contribution >= 4 is 17.9 Å². The second kappa shape index (κ2) is 58.8. The fourth-order valence-electron chi connectivity index (χ4n) is 6.64. The number of hydrogen-bond acceptors (Lipinski definition) is 6. The minimum absolute atomic E-state index is 0.135. The van der Waals surface area contributed by atoms with E-state index < -0.39 is 6.10 Å². The molecule has 0 aromatic rings. The Bertz CT molecular complexity index is 1810. The summed E-state index contributed by atoms with van der Waals surface area (Å²) in [6.07, 6.45) is 89.8. The monoisotopic (exact) mass is 999 g/mol. The summed E-state index contributed by atoms with van der Waals surface area (Å²) in [5.41, 5.74) is 0. The molecule has 73 heavy (non-hydrogen) atoms. The maximum atomic E-state index is 12.9. The van der Waals surface area contributed by atoms with E-state index in [1.807, 2.05) is 60.8 Å². The van der Waals surface area contributed by atoms with Gasteiger partial charge in [-0.15, -0.1) is 0 Å². The molecule has 0 saturated carbocycles. The van der Waals surface area contributed by atoms with Crippen LogP contribution in [0, 0.1) is 0 Å². The van der Waals surface area contributed by atoms with Crippen LogP contribution in [-0.2, 0) is 28.6 Å². The van der Waals surface area contributed by atoms with Crippen molar-refractivity contribution in [2.45, 2.75) is 194 Å². The zero-order valence-electron chi connectivity index (χ0n) is 45.8. The van der Waals surface area contributed by atoms with Gasteiger partial charge in [-0.1, -0.05) is 234 Å². The van der Waals surface area contributed by atoms with E-state index in [0.717, 1.165) is 135 Å². The van der Waals surface area contributed by atoms with Crippen molar-refractivity contribution in [3.05, 3.63) is 194 Å². The standard InChI is InChI=1S/C67H98O6/c1-4-7-10-13-16-19-22-25-28-31-33-36-39-42-45-48-51-54-57-60-66(69)72-63-64(62-71-65(68)59-56-53-50-47-44-41-38-35-30-27-24-21-18-15-12-9-6-3)73-67(70)61-58-55-52-49-46-43-40-37-34-32-29-26-23-20-17-14-11-8-5-2/h7-12,15-21,24-30,33-38,41-46,64H,4-6,13-14,22-23,31-32,39-40,47-63H2,1-3H3/b10-7-,11-8-,12-9-,18-15-,19-16-,20-17-,24-21-,28-25-,29-26-,30-27-,36-33-,37-34-,38-35+,44-41-,45-42-,46-43-. The van der Waals surface area contributed by atoms with Crippen LogP contribution in [0.15, 0.2) is 194 Å². The van der Waals surface area contributed by atoms with Gasteiger partial charge in [-0.25, -0.2) is 0 Å². The first-order valence-corrected chi connectivity index (χ1v) is 28.0. The molecule has 0 N–H and O–H groups in total. The summed E-state index contributed by atoms with van der Waals surface area (Å²) in [4.78, 5) is 38.2. The van der Waals surface area contributed by atoms with E-state index in [9.17, 15) is 14.4 Å². The first-order chi connectivity index (χ1) is 36.0. The molecule has 0 aliphatic carbocycles. The maximum Gasteiger partial charge on any atom is 0.306 e. The van der Waals surface area contributed by atoms with Gasteiger partial charge in [0.25, 0.3) is 0 Å². The van der Waals surface area contributed by atoms with Crippen LogP contribution in [0.3, 0.4) is 0 Å². The molecule has 402 valence electrons. The fraction of sp³-hybridized carbons (Fsp3) is 0.478. The van der Waals surface area contributed by atoms with E-state index in [2.05, 4.69) is 154 Å². The first kappa shape index (κ1) is 67.2. The molecule has 0 aliphatic rings. The highest BCUT2D eigenvalue weighted by Crippen LogP contribution is 2.11. The van der Waals surface area contributed by atoms with Crippen LogP contribution in [0.4, 0.5) is 0 Å².